The smallest absolute Gasteiger partial charge is 0.318 e. The van der Waals surface area contributed by atoms with Crippen molar-refractivity contribution in [1.82, 2.24) is 15.2 Å². The van der Waals surface area contributed by atoms with Crippen molar-refractivity contribution in [2.45, 2.75) is 38.8 Å². The molecule has 126 valence electrons. The first-order valence-corrected chi connectivity index (χ1v) is 8.56. The monoisotopic (exact) mass is 318 g/mol. The van der Waals surface area contributed by atoms with Crippen LogP contribution >= 0.6 is 0 Å². The van der Waals surface area contributed by atoms with Crippen molar-refractivity contribution in [3.63, 3.8) is 0 Å². The first-order valence-electron chi connectivity index (χ1n) is 8.56. The number of amides is 2. The summed E-state index contributed by atoms with van der Waals surface area (Å²) in [6.07, 6.45) is 5.68. The van der Waals surface area contributed by atoms with E-state index in [-0.39, 0.29) is 12.1 Å². The van der Waals surface area contributed by atoms with Crippen molar-refractivity contribution in [2.24, 2.45) is 0 Å². The molecule has 1 atom stereocenters. The number of aromatic nitrogens is 1. The second-order valence-electron chi connectivity index (χ2n) is 6.35. The zero-order valence-electron chi connectivity index (χ0n) is 13.8. The number of piperidine rings is 1. The Morgan fingerprint density at radius 2 is 2.13 bits per heavy atom. The van der Waals surface area contributed by atoms with Crippen LogP contribution in [0.5, 0.6) is 0 Å². The summed E-state index contributed by atoms with van der Waals surface area (Å²) < 4.78 is 5.36. The second-order valence-corrected chi connectivity index (χ2v) is 6.35. The summed E-state index contributed by atoms with van der Waals surface area (Å²) in [5.41, 5.74) is 1.03. The van der Waals surface area contributed by atoms with Crippen molar-refractivity contribution < 1.29 is 9.53 Å². The van der Waals surface area contributed by atoms with Gasteiger partial charge in [-0.3, -0.25) is 0 Å². The first kappa shape index (κ1) is 16.1. The number of hydrogen-bond donors (Lipinski definition) is 1. The molecule has 2 aliphatic heterocycles. The van der Waals surface area contributed by atoms with E-state index in [4.69, 9.17) is 4.74 Å². The number of pyridine rings is 1. The first-order chi connectivity index (χ1) is 11.2. The normalized spacial score (nSPS) is 22.0. The average Bonchev–Trinajstić information content (AvgIpc) is 2.61. The van der Waals surface area contributed by atoms with Crippen molar-refractivity contribution in [1.29, 1.82) is 0 Å². The van der Waals surface area contributed by atoms with Crippen LogP contribution in [-0.2, 0) is 11.3 Å². The molecule has 23 heavy (non-hydrogen) atoms. The van der Waals surface area contributed by atoms with Gasteiger partial charge in [0.2, 0.25) is 0 Å². The number of nitrogens with one attached hydrogen (secondary N) is 1. The Balaban J connectivity index is 1.51. The third-order valence-corrected chi connectivity index (χ3v) is 4.56. The second kappa shape index (κ2) is 7.64. The van der Waals surface area contributed by atoms with E-state index in [0.717, 1.165) is 24.5 Å². The Bertz CT molecular complexity index is 514. The van der Waals surface area contributed by atoms with Crippen LogP contribution in [0.2, 0.25) is 0 Å². The van der Waals surface area contributed by atoms with E-state index in [1.54, 1.807) is 0 Å². The molecular weight excluding hydrogens is 292 g/mol. The van der Waals surface area contributed by atoms with E-state index < -0.39 is 0 Å². The number of urea groups is 1. The summed E-state index contributed by atoms with van der Waals surface area (Å²) >= 11 is 0. The Labute approximate surface area is 137 Å². The van der Waals surface area contributed by atoms with E-state index >= 15 is 0 Å². The van der Waals surface area contributed by atoms with Gasteiger partial charge in [0.15, 0.2) is 0 Å². The van der Waals surface area contributed by atoms with E-state index in [1.165, 1.54) is 19.3 Å². The predicted octanol–water partition coefficient (Wildman–Crippen LogP) is 2.00. The van der Waals surface area contributed by atoms with Crippen LogP contribution in [0.1, 0.15) is 31.7 Å². The summed E-state index contributed by atoms with van der Waals surface area (Å²) in [4.78, 5) is 20.9. The van der Waals surface area contributed by atoms with Gasteiger partial charge in [0.1, 0.15) is 5.82 Å². The van der Waals surface area contributed by atoms with Gasteiger partial charge in [-0.2, -0.15) is 0 Å². The van der Waals surface area contributed by atoms with Crippen LogP contribution in [0.3, 0.4) is 0 Å². The molecule has 0 bridgehead atoms. The Morgan fingerprint density at radius 3 is 2.83 bits per heavy atom. The lowest BCUT2D eigenvalue weighted by Gasteiger charge is -2.33. The zero-order chi connectivity index (χ0) is 16.1. The molecular formula is C17H26N4O2. The molecule has 2 amide bonds. The molecule has 2 saturated heterocycles. The number of morpholine rings is 1. The maximum Gasteiger partial charge on any atom is 0.318 e. The molecule has 1 aromatic heterocycles. The molecule has 1 N–H and O–H groups in total. The maximum atomic E-state index is 12.2. The minimum atomic E-state index is -0.0269. The molecule has 0 aromatic carbocycles. The lowest BCUT2D eigenvalue weighted by molar-refractivity contribution is 0.0190. The SMILES string of the molecule is C[C@@H]1COCCN1C(=O)NCc1ccc(N2CCCCC2)nc1. The number of carbonyl (C=O) groups is 1. The number of carbonyl (C=O) groups excluding carboxylic acids is 1. The summed E-state index contributed by atoms with van der Waals surface area (Å²) in [7, 11) is 0. The highest BCUT2D eigenvalue weighted by Gasteiger charge is 2.23. The predicted molar refractivity (Wildman–Crippen MR) is 89.5 cm³/mol. The molecule has 3 heterocycles. The van der Waals surface area contributed by atoms with Gasteiger partial charge in [0.05, 0.1) is 19.3 Å². The fourth-order valence-electron chi connectivity index (χ4n) is 3.14. The maximum absolute atomic E-state index is 12.2. The van der Waals surface area contributed by atoms with Crippen LogP contribution in [0, 0.1) is 0 Å². The zero-order valence-corrected chi connectivity index (χ0v) is 13.8. The Kier molecular flexibility index (Phi) is 5.33. The molecule has 3 rings (SSSR count). The molecule has 0 unspecified atom stereocenters. The molecule has 0 saturated carbocycles. The van der Waals surface area contributed by atoms with E-state index in [9.17, 15) is 4.79 Å². The molecule has 2 fully saturated rings. The van der Waals surface area contributed by atoms with Crippen LogP contribution in [0.4, 0.5) is 10.6 Å². The van der Waals surface area contributed by atoms with Crippen LogP contribution < -0.4 is 10.2 Å². The molecule has 6 heteroatoms. The average molecular weight is 318 g/mol. The fourth-order valence-corrected chi connectivity index (χ4v) is 3.14. The molecule has 2 aliphatic rings. The highest BCUT2D eigenvalue weighted by molar-refractivity contribution is 5.74. The van der Waals surface area contributed by atoms with Crippen LogP contribution in [0.25, 0.3) is 0 Å². The van der Waals surface area contributed by atoms with Crippen molar-refractivity contribution in [2.75, 3.05) is 37.7 Å². The van der Waals surface area contributed by atoms with Gasteiger partial charge < -0.3 is 19.9 Å². The van der Waals surface area contributed by atoms with Gasteiger partial charge in [-0.05, 0) is 37.8 Å². The number of hydrogen-bond acceptors (Lipinski definition) is 4. The largest absolute Gasteiger partial charge is 0.377 e. The molecule has 6 nitrogen and oxygen atoms in total. The standard InChI is InChI=1S/C17H26N4O2/c1-14-13-23-10-9-21(14)17(22)19-12-15-5-6-16(18-11-15)20-7-3-2-4-8-20/h5-6,11,14H,2-4,7-10,12-13H2,1H3,(H,19,22)/t14-/m1/s1. The summed E-state index contributed by atoms with van der Waals surface area (Å²) in [6, 6.07) is 4.22. The minimum absolute atomic E-state index is 0.0269. The van der Waals surface area contributed by atoms with Crippen molar-refractivity contribution in [3.8, 4) is 0 Å². The summed E-state index contributed by atoms with van der Waals surface area (Å²) in [6.45, 7) is 6.59. The summed E-state index contributed by atoms with van der Waals surface area (Å²) in [5, 5.41) is 2.98. The molecule has 1 aromatic rings. The molecule has 0 aliphatic carbocycles. The van der Waals surface area contributed by atoms with Crippen molar-refractivity contribution >= 4 is 11.8 Å². The Hall–Kier alpha value is -1.82. The van der Waals surface area contributed by atoms with E-state index in [0.29, 0.717) is 26.3 Å². The molecule has 0 spiro atoms. The number of anilines is 1. The Morgan fingerprint density at radius 1 is 1.30 bits per heavy atom. The lowest BCUT2D eigenvalue weighted by atomic mass is 10.1. The third-order valence-electron chi connectivity index (χ3n) is 4.56. The number of nitrogens with zero attached hydrogens (tertiary/aromatic N) is 3. The van der Waals surface area contributed by atoms with Gasteiger partial charge in [-0.1, -0.05) is 6.07 Å². The minimum Gasteiger partial charge on any atom is -0.377 e. The highest BCUT2D eigenvalue weighted by Crippen LogP contribution is 2.17. The highest BCUT2D eigenvalue weighted by atomic mass is 16.5. The van der Waals surface area contributed by atoms with Gasteiger partial charge in [-0.25, -0.2) is 9.78 Å². The van der Waals surface area contributed by atoms with Crippen LogP contribution in [0.15, 0.2) is 18.3 Å². The lowest BCUT2D eigenvalue weighted by Crippen LogP contribution is -2.51. The summed E-state index contributed by atoms with van der Waals surface area (Å²) in [5.74, 6) is 1.04. The fraction of sp³-hybridized carbons (Fsp3) is 0.647. The van der Waals surface area contributed by atoms with Crippen LogP contribution in [-0.4, -0.2) is 54.8 Å². The van der Waals surface area contributed by atoms with Gasteiger partial charge in [0.25, 0.3) is 0 Å². The molecule has 0 radical (unpaired) electrons. The topological polar surface area (TPSA) is 57.7 Å². The number of ether oxygens (including phenoxy) is 1. The van der Waals surface area contributed by atoms with Gasteiger partial charge in [-0.15, -0.1) is 0 Å². The van der Waals surface area contributed by atoms with E-state index in [2.05, 4.69) is 27.3 Å². The van der Waals surface area contributed by atoms with Gasteiger partial charge >= 0.3 is 6.03 Å². The van der Waals surface area contributed by atoms with Crippen molar-refractivity contribution in [3.05, 3.63) is 23.9 Å². The number of rotatable bonds is 3. The quantitative estimate of drug-likeness (QED) is 0.926. The third kappa shape index (κ3) is 4.13. The van der Waals surface area contributed by atoms with E-state index in [1.807, 2.05) is 18.0 Å². The van der Waals surface area contributed by atoms with Gasteiger partial charge in [0, 0.05) is 32.4 Å².